The lowest BCUT2D eigenvalue weighted by atomic mass is 10.3. The van der Waals surface area contributed by atoms with Crippen LogP contribution in [0.25, 0.3) is 10.2 Å². The summed E-state index contributed by atoms with van der Waals surface area (Å²) in [6.45, 7) is 0. The molecule has 0 amide bonds. The number of fused-ring (bicyclic) bond motifs is 1. The Morgan fingerprint density at radius 3 is 3.30 bits per heavy atom. The Kier molecular flexibility index (Phi) is 1.11. The van der Waals surface area contributed by atoms with Crippen LogP contribution in [-0.4, -0.2) is 4.98 Å². The van der Waals surface area contributed by atoms with Gasteiger partial charge in [-0.15, -0.1) is 0 Å². The molecule has 0 aliphatic heterocycles. The van der Waals surface area contributed by atoms with E-state index < -0.39 is 0 Å². The molecule has 2 N–H and O–H groups in total. The van der Waals surface area contributed by atoms with Crippen LogP contribution < -0.4 is 5.73 Å². The van der Waals surface area contributed by atoms with Crippen LogP contribution in [0.3, 0.4) is 0 Å². The lowest BCUT2D eigenvalue weighted by molar-refractivity contribution is 1.49. The second kappa shape index (κ2) is 1.95. The maximum Gasteiger partial charge on any atom is 0.181 e. The standard InChI is InChI=1S/C7H5N2S/c8-7-9-5-3-1-2-4-6(5)10-7/h1-2,4H,(H2,8,9). The topological polar surface area (TPSA) is 38.9 Å². The number of nitrogens with two attached hydrogens (primary N) is 1. The molecule has 0 fully saturated rings. The maximum absolute atomic E-state index is 5.48. The molecule has 2 nitrogen and oxygen atoms in total. The highest BCUT2D eigenvalue weighted by molar-refractivity contribution is 7.22. The van der Waals surface area contributed by atoms with Crippen molar-refractivity contribution in [2.75, 3.05) is 5.73 Å². The highest BCUT2D eigenvalue weighted by Crippen LogP contribution is 2.21. The van der Waals surface area contributed by atoms with Crippen LogP contribution in [0.2, 0.25) is 0 Å². The predicted octanol–water partition coefficient (Wildman–Crippen LogP) is 1.68. The first-order valence-electron chi connectivity index (χ1n) is 2.89. The van der Waals surface area contributed by atoms with Gasteiger partial charge in [0, 0.05) is 6.07 Å². The Balaban J connectivity index is 2.88. The van der Waals surface area contributed by atoms with E-state index in [1.165, 1.54) is 11.3 Å². The molecule has 0 atom stereocenters. The smallest absolute Gasteiger partial charge is 0.181 e. The molecule has 0 spiro atoms. The van der Waals surface area contributed by atoms with Crippen molar-refractivity contribution in [3.63, 3.8) is 0 Å². The lowest BCUT2D eigenvalue weighted by Crippen LogP contribution is -1.78. The van der Waals surface area contributed by atoms with E-state index in [1.807, 2.05) is 18.2 Å². The van der Waals surface area contributed by atoms with Crippen molar-refractivity contribution in [3.8, 4) is 0 Å². The second-order valence-electron chi connectivity index (χ2n) is 1.94. The third-order valence-corrected chi connectivity index (χ3v) is 2.08. The first kappa shape index (κ1) is 5.68. The largest absolute Gasteiger partial charge is 0.375 e. The number of anilines is 1. The summed E-state index contributed by atoms with van der Waals surface area (Å²) in [7, 11) is 0. The van der Waals surface area contributed by atoms with Crippen molar-refractivity contribution in [2.45, 2.75) is 0 Å². The Bertz CT molecular complexity index is 320. The zero-order valence-corrected chi connectivity index (χ0v) is 5.98. The van der Waals surface area contributed by atoms with E-state index in [0.29, 0.717) is 5.13 Å². The van der Waals surface area contributed by atoms with E-state index in [0.717, 1.165) is 10.2 Å². The fraction of sp³-hybridized carbons (Fsp3) is 0. The zero-order valence-electron chi connectivity index (χ0n) is 5.16. The van der Waals surface area contributed by atoms with Crippen LogP contribution in [0.4, 0.5) is 5.13 Å². The fourth-order valence-electron chi connectivity index (χ4n) is 0.828. The van der Waals surface area contributed by atoms with Crippen LogP contribution in [0.5, 0.6) is 0 Å². The van der Waals surface area contributed by atoms with Crippen LogP contribution in [0.15, 0.2) is 18.2 Å². The molecule has 0 saturated carbocycles. The molecule has 0 bridgehead atoms. The summed E-state index contributed by atoms with van der Waals surface area (Å²) >= 11 is 1.49. The molecule has 10 heavy (non-hydrogen) atoms. The minimum absolute atomic E-state index is 0.609. The van der Waals surface area contributed by atoms with Gasteiger partial charge in [-0.2, -0.15) is 0 Å². The molecule has 3 heteroatoms. The minimum Gasteiger partial charge on any atom is -0.375 e. The summed E-state index contributed by atoms with van der Waals surface area (Å²) < 4.78 is 1.10. The van der Waals surface area contributed by atoms with Crippen molar-refractivity contribution >= 4 is 26.7 Å². The SMILES string of the molecule is Nc1nc2[c]cccc2s1. The average molecular weight is 149 g/mol. The van der Waals surface area contributed by atoms with Crippen LogP contribution >= 0.6 is 11.3 Å². The molecule has 2 aromatic rings. The summed E-state index contributed by atoms with van der Waals surface area (Å²) in [6, 6.07) is 8.74. The van der Waals surface area contributed by atoms with Gasteiger partial charge < -0.3 is 5.73 Å². The van der Waals surface area contributed by atoms with Gasteiger partial charge in [0.05, 0.1) is 10.2 Å². The van der Waals surface area contributed by atoms with E-state index >= 15 is 0 Å². The van der Waals surface area contributed by atoms with Crippen molar-refractivity contribution < 1.29 is 0 Å². The molecule has 1 radical (unpaired) electrons. The van der Waals surface area contributed by atoms with Crippen LogP contribution in [0.1, 0.15) is 0 Å². The van der Waals surface area contributed by atoms with Gasteiger partial charge in [-0.25, -0.2) is 4.98 Å². The first-order chi connectivity index (χ1) is 4.86. The molecule has 0 aliphatic carbocycles. The molecule has 1 heterocycles. The molecule has 0 saturated heterocycles. The van der Waals surface area contributed by atoms with E-state index in [9.17, 15) is 0 Å². The summed E-state index contributed by atoms with van der Waals surface area (Å²) in [4.78, 5) is 4.05. The van der Waals surface area contributed by atoms with Gasteiger partial charge in [0.1, 0.15) is 0 Å². The Hall–Kier alpha value is -1.09. The molecule has 2 rings (SSSR count). The number of benzene rings is 1. The number of hydrogen-bond donors (Lipinski definition) is 1. The Morgan fingerprint density at radius 2 is 2.50 bits per heavy atom. The number of nitrogens with zero attached hydrogens (tertiary/aromatic N) is 1. The molecule has 0 aliphatic rings. The van der Waals surface area contributed by atoms with Gasteiger partial charge in [-0.3, -0.25) is 0 Å². The van der Waals surface area contributed by atoms with Gasteiger partial charge in [0.25, 0.3) is 0 Å². The molecular weight excluding hydrogens is 144 g/mol. The maximum atomic E-state index is 5.48. The van der Waals surface area contributed by atoms with Gasteiger partial charge >= 0.3 is 0 Å². The third kappa shape index (κ3) is 0.752. The predicted molar refractivity (Wildman–Crippen MR) is 42.9 cm³/mol. The monoisotopic (exact) mass is 149 g/mol. The fourth-order valence-corrected chi connectivity index (χ4v) is 1.54. The van der Waals surface area contributed by atoms with Gasteiger partial charge in [-0.05, 0) is 6.07 Å². The summed E-state index contributed by atoms with van der Waals surface area (Å²) in [6.07, 6.45) is 0. The van der Waals surface area contributed by atoms with Gasteiger partial charge in [-0.1, -0.05) is 23.5 Å². The molecule has 1 aromatic carbocycles. The van der Waals surface area contributed by atoms with Gasteiger partial charge in [0.15, 0.2) is 5.13 Å². The third-order valence-electron chi connectivity index (χ3n) is 1.23. The van der Waals surface area contributed by atoms with E-state index in [4.69, 9.17) is 5.73 Å². The highest BCUT2D eigenvalue weighted by Gasteiger charge is 1.96. The van der Waals surface area contributed by atoms with E-state index in [-0.39, 0.29) is 0 Å². The quantitative estimate of drug-likeness (QED) is 0.619. The Labute approximate surface area is 62.3 Å². The number of hydrogen-bond acceptors (Lipinski definition) is 3. The molecular formula is C7H5N2S. The van der Waals surface area contributed by atoms with Crippen LogP contribution in [-0.2, 0) is 0 Å². The summed E-state index contributed by atoms with van der Waals surface area (Å²) in [5, 5.41) is 0.609. The number of nitrogen functional groups attached to an aromatic ring is 1. The zero-order chi connectivity index (χ0) is 6.97. The van der Waals surface area contributed by atoms with Crippen molar-refractivity contribution in [1.82, 2.24) is 4.98 Å². The highest BCUT2D eigenvalue weighted by atomic mass is 32.1. The number of para-hydroxylation sites is 1. The normalized spacial score (nSPS) is 10.4. The van der Waals surface area contributed by atoms with E-state index in [1.54, 1.807) is 0 Å². The van der Waals surface area contributed by atoms with Gasteiger partial charge in [0.2, 0.25) is 0 Å². The first-order valence-corrected chi connectivity index (χ1v) is 3.70. The number of rotatable bonds is 0. The van der Waals surface area contributed by atoms with E-state index in [2.05, 4.69) is 11.1 Å². The van der Waals surface area contributed by atoms with Crippen molar-refractivity contribution in [1.29, 1.82) is 0 Å². The summed E-state index contributed by atoms with van der Waals surface area (Å²) in [5.41, 5.74) is 6.34. The molecule has 49 valence electrons. The minimum atomic E-state index is 0.609. The lowest BCUT2D eigenvalue weighted by Gasteiger charge is -1.79. The summed E-state index contributed by atoms with van der Waals surface area (Å²) in [5.74, 6) is 0. The Morgan fingerprint density at radius 1 is 1.60 bits per heavy atom. The second-order valence-corrected chi connectivity index (χ2v) is 3.00. The van der Waals surface area contributed by atoms with Crippen LogP contribution in [0, 0.1) is 6.07 Å². The molecule has 0 unspecified atom stereocenters. The number of thiazole rings is 1. The number of aromatic nitrogens is 1. The van der Waals surface area contributed by atoms with Crippen molar-refractivity contribution in [3.05, 3.63) is 24.3 Å². The average Bonchev–Trinajstić information content (AvgIpc) is 2.27. The molecule has 1 aromatic heterocycles. The van der Waals surface area contributed by atoms with Crippen molar-refractivity contribution in [2.24, 2.45) is 0 Å².